The van der Waals surface area contributed by atoms with E-state index in [2.05, 4.69) is 57.0 Å². The normalized spacial score (nSPS) is 15.1. The summed E-state index contributed by atoms with van der Waals surface area (Å²) in [5.41, 5.74) is 5.82. The molecule has 6 nitrogen and oxygen atoms in total. The molecule has 4 N–H and O–H groups in total. The van der Waals surface area contributed by atoms with Crippen LogP contribution in [0.2, 0.25) is 0 Å². The van der Waals surface area contributed by atoms with E-state index in [1.54, 1.807) is 0 Å². The molecule has 0 unspecified atom stereocenters. The first kappa shape index (κ1) is 17.8. The largest absolute Gasteiger partial charge is 0.353 e. The third kappa shape index (κ3) is 3.58. The van der Waals surface area contributed by atoms with Crippen molar-refractivity contribution in [3.05, 3.63) is 48.0 Å². The number of carbonyl (C=O) groups excluding carboxylic acids is 1. The van der Waals surface area contributed by atoms with Crippen LogP contribution < -0.4 is 10.6 Å². The SMILES string of the molecule is Cc1ccc2cc(-c3n[nH]c4ccc(NC(=O)NC5CCCCC5)cc34)[nH]c2c1. The Kier molecular flexibility index (Phi) is 4.46. The monoisotopic (exact) mass is 387 g/mol. The van der Waals surface area contributed by atoms with Crippen LogP contribution in [-0.4, -0.2) is 27.3 Å². The van der Waals surface area contributed by atoms with Crippen LogP contribution in [0.3, 0.4) is 0 Å². The highest BCUT2D eigenvalue weighted by atomic mass is 16.2. The molecule has 2 aromatic heterocycles. The zero-order valence-corrected chi connectivity index (χ0v) is 16.5. The molecule has 2 heterocycles. The molecule has 0 spiro atoms. The van der Waals surface area contributed by atoms with Gasteiger partial charge in [0.25, 0.3) is 0 Å². The van der Waals surface area contributed by atoms with Crippen LogP contribution in [0.25, 0.3) is 33.2 Å². The van der Waals surface area contributed by atoms with E-state index in [0.29, 0.717) is 0 Å². The zero-order valence-electron chi connectivity index (χ0n) is 16.5. The summed E-state index contributed by atoms with van der Waals surface area (Å²) < 4.78 is 0. The van der Waals surface area contributed by atoms with E-state index < -0.39 is 0 Å². The first-order valence-corrected chi connectivity index (χ1v) is 10.3. The van der Waals surface area contributed by atoms with Gasteiger partial charge in [-0.25, -0.2) is 4.79 Å². The van der Waals surface area contributed by atoms with E-state index in [1.165, 1.54) is 24.8 Å². The lowest BCUT2D eigenvalue weighted by molar-refractivity contribution is 0.244. The molecule has 5 rings (SSSR count). The lowest BCUT2D eigenvalue weighted by Crippen LogP contribution is -2.38. The zero-order chi connectivity index (χ0) is 19.8. The highest BCUT2D eigenvalue weighted by Crippen LogP contribution is 2.30. The van der Waals surface area contributed by atoms with Crippen LogP contribution >= 0.6 is 0 Å². The number of hydrogen-bond donors (Lipinski definition) is 4. The first-order chi connectivity index (χ1) is 14.2. The summed E-state index contributed by atoms with van der Waals surface area (Å²) >= 11 is 0. The van der Waals surface area contributed by atoms with Crippen LogP contribution in [0.15, 0.2) is 42.5 Å². The Hall–Kier alpha value is -3.28. The molecule has 0 radical (unpaired) electrons. The Bertz CT molecular complexity index is 1180. The summed E-state index contributed by atoms with van der Waals surface area (Å²) in [7, 11) is 0. The van der Waals surface area contributed by atoms with Crippen LogP contribution in [-0.2, 0) is 0 Å². The van der Waals surface area contributed by atoms with Gasteiger partial charge < -0.3 is 15.6 Å². The average molecular weight is 387 g/mol. The van der Waals surface area contributed by atoms with Gasteiger partial charge in [-0.1, -0.05) is 31.4 Å². The van der Waals surface area contributed by atoms with E-state index >= 15 is 0 Å². The highest BCUT2D eigenvalue weighted by molar-refractivity contribution is 5.99. The van der Waals surface area contributed by atoms with Crippen molar-refractivity contribution in [2.75, 3.05) is 5.32 Å². The van der Waals surface area contributed by atoms with Crippen molar-refractivity contribution < 1.29 is 4.79 Å². The van der Waals surface area contributed by atoms with Crippen molar-refractivity contribution in [2.24, 2.45) is 0 Å². The maximum absolute atomic E-state index is 12.4. The summed E-state index contributed by atoms with van der Waals surface area (Å²) in [6.45, 7) is 2.08. The quantitative estimate of drug-likeness (QED) is 0.375. The van der Waals surface area contributed by atoms with E-state index in [1.807, 2.05) is 18.2 Å². The number of amides is 2. The van der Waals surface area contributed by atoms with E-state index in [4.69, 9.17) is 0 Å². The molecule has 2 aromatic carbocycles. The van der Waals surface area contributed by atoms with Crippen molar-refractivity contribution in [2.45, 2.75) is 45.1 Å². The molecule has 0 atom stereocenters. The summed E-state index contributed by atoms with van der Waals surface area (Å²) in [6, 6.07) is 14.4. The number of benzene rings is 2. The number of carbonyl (C=O) groups is 1. The van der Waals surface area contributed by atoms with Crippen molar-refractivity contribution >= 4 is 33.5 Å². The smallest absolute Gasteiger partial charge is 0.319 e. The van der Waals surface area contributed by atoms with E-state index in [-0.39, 0.29) is 12.1 Å². The molecule has 1 aliphatic carbocycles. The average Bonchev–Trinajstić information content (AvgIpc) is 3.31. The fourth-order valence-corrected chi connectivity index (χ4v) is 4.27. The molecule has 1 fully saturated rings. The molecule has 2 amide bonds. The summed E-state index contributed by atoms with van der Waals surface area (Å²) in [4.78, 5) is 15.9. The number of rotatable bonds is 3. The minimum Gasteiger partial charge on any atom is -0.353 e. The summed E-state index contributed by atoms with van der Waals surface area (Å²) in [6.07, 6.45) is 5.79. The molecule has 0 bridgehead atoms. The lowest BCUT2D eigenvalue weighted by Gasteiger charge is -2.22. The Morgan fingerprint density at radius 3 is 2.76 bits per heavy atom. The van der Waals surface area contributed by atoms with Crippen LogP contribution in [0.5, 0.6) is 0 Å². The highest BCUT2D eigenvalue weighted by Gasteiger charge is 2.16. The number of aryl methyl sites for hydroxylation is 1. The van der Waals surface area contributed by atoms with Crippen molar-refractivity contribution in [1.82, 2.24) is 20.5 Å². The van der Waals surface area contributed by atoms with Crippen LogP contribution in [0.4, 0.5) is 10.5 Å². The predicted octanol–water partition coefficient (Wildman–Crippen LogP) is 5.47. The maximum Gasteiger partial charge on any atom is 0.319 e. The Labute approximate surface area is 169 Å². The molecule has 0 saturated heterocycles. The standard InChI is InChI=1S/C23H25N5O/c1-14-7-8-15-12-21(26-20(15)11-14)22-18-13-17(9-10-19(18)27-28-22)25-23(29)24-16-5-3-2-4-6-16/h7-13,16,26H,2-6H2,1H3,(H,27,28)(H2,24,25,29). The number of urea groups is 1. The molecule has 1 aliphatic rings. The Morgan fingerprint density at radius 1 is 1.03 bits per heavy atom. The molecule has 148 valence electrons. The third-order valence-electron chi connectivity index (χ3n) is 5.79. The molecule has 4 aromatic rings. The van der Waals surface area contributed by atoms with Gasteiger partial charge in [0, 0.05) is 28.0 Å². The second-order valence-electron chi connectivity index (χ2n) is 8.04. The number of anilines is 1. The van der Waals surface area contributed by atoms with Gasteiger partial charge in [-0.05, 0) is 55.7 Å². The van der Waals surface area contributed by atoms with Gasteiger partial charge in [-0.2, -0.15) is 5.10 Å². The molecule has 29 heavy (non-hydrogen) atoms. The van der Waals surface area contributed by atoms with Crippen LogP contribution in [0.1, 0.15) is 37.7 Å². The first-order valence-electron chi connectivity index (χ1n) is 10.3. The van der Waals surface area contributed by atoms with Gasteiger partial charge in [-0.15, -0.1) is 0 Å². The van der Waals surface area contributed by atoms with Crippen molar-refractivity contribution in [3.63, 3.8) is 0 Å². The fraction of sp³-hybridized carbons (Fsp3) is 0.304. The molecule has 1 saturated carbocycles. The van der Waals surface area contributed by atoms with Gasteiger partial charge in [-0.3, -0.25) is 5.10 Å². The van der Waals surface area contributed by atoms with Crippen LogP contribution in [0, 0.1) is 6.92 Å². The lowest BCUT2D eigenvalue weighted by atomic mass is 9.96. The number of aromatic amines is 2. The Balaban J connectivity index is 1.41. The summed E-state index contributed by atoms with van der Waals surface area (Å²) in [5.74, 6) is 0. The van der Waals surface area contributed by atoms with Crippen molar-refractivity contribution in [1.29, 1.82) is 0 Å². The summed E-state index contributed by atoms with van der Waals surface area (Å²) in [5, 5.41) is 15.8. The minimum absolute atomic E-state index is 0.137. The Morgan fingerprint density at radius 2 is 1.90 bits per heavy atom. The molecule has 0 aliphatic heterocycles. The van der Waals surface area contributed by atoms with Gasteiger partial charge >= 0.3 is 6.03 Å². The number of H-pyrrole nitrogens is 2. The molecule has 6 heteroatoms. The topological polar surface area (TPSA) is 85.6 Å². The number of nitrogens with zero attached hydrogens (tertiary/aromatic N) is 1. The second kappa shape index (κ2) is 7.28. The minimum atomic E-state index is -0.137. The predicted molar refractivity (Wildman–Crippen MR) is 117 cm³/mol. The third-order valence-corrected chi connectivity index (χ3v) is 5.79. The van der Waals surface area contributed by atoms with Gasteiger partial charge in [0.15, 0.2) is 0 Å². The van der Waals surface area contributed by atoms with E-state index in [9.17, 15) is 4.79 Å². The maximum atomic E-state index is 12.4. The van der Waals surface area contributed by atoms with E-state index in [0.717, 1.165) is 51.7 Å². The number of nitrogens with one attached hydrogen (secondary N) is 4. The fourth-order valence-electron chi connectivity index (χ4n) is 4.27. The second-order valence-corrected chi connectivity index (χ2v) is 8.04. The van der Waals surface area contributed by atoms with Gasteiger partial charge in [0.05, 0.1) is 11.2 Å². The van der Waals surface area contributed by atoms with Gasteiger partial charge in [0.1, 0.15) is 5.69 Å². The number of aromatic nitrogens is 3. The number of fused-ring (bicyclic) bond motifs is 2. The number of hydrogen-bond acceptors (Lipinski definition) is 2. The molecular formula is C23H25N5O. The molecular weight excluding hydrogens is 362 g/mol. The van der Waals surface area contributed by atoms with Gasteiger partial charge in [0.2, 0.25) is 0 Å². The van der Waals surface area contributed by atoms with Crippen molar-refractivity contribution in [3.8, 4) is 11.4 Å².